The van der Waals surface area contributed by atoms with Crippen molar-refractivity contribution in [2.75, 3.05) is 7.11 Å². The van der Waals surface area contributed by atoms with E-state index >= 15 is 0 Å². The number of hydrogen-bond donors (Lipinski definition) is 0. The average Bonchev–Trinajstić information content (AvgIpc) is 2.83. The number of fused-ring (bicyclic) bond motifs is 2. The predicted molar refractivity (Wildman–Crippen MR) is 77.4 cm³/mol. The van der Waals surface area contributed by atoms with Gasteiger partial charge in [-0.1, -0.05) is 13.8 Å². The molecule has 0 radical (unpaired) electrons. The number of hydrogen-bond acceptors (Lipinski definition) is 3. The molecule has 5 heteroatoms. The van der Waals surface area contributed by atoms with E-state index in [0.717, 1.165) is 30.6 Å². The zero-order valence-electron chi connectivity index (χ0n) is 12.2. The van der Waals surface area contributed by atoms with Crippen molar-refractivity contribution in [1.29, 1.82) is 0 Å². The molecule has 0 N–H and O–H groups in total. The first kappa shape index (κ1) is 13.9. The third-order valence-electron chi connectivity index (χ3n) is 4.53. The van der Waals surface area contributed by atoms with Crippen LogP contribution in [0.5, 0.6) is 5.75 Å². The van der Waals surface area contributed by atoms with Crippen molar-refractivity contribution in [1.82, 2.24) is 4.31 Å². The van der Waals surface area contributed by atoms with Gasteiger partial charge in [-0.2, -0.15) is 4.31 Å². The van der Waals surface area contributed by atoms with Crippen molar-refractivity contribution >= 4 is 10.0 Å². The molecule has 1 saturated heterocycles. The van der Waals surface area contributed by atoms with Crippen LogP contribution in [0.25, 0.3) is 0 Å². The van der Waals surface area contributed by atoms with Crippen LogP contribution in [0.4, 0.5) is 0 Å². The molecule has 2 aliphatic heterocycles. The van der Waals surface area contributed by atoms with Crippen LogP contribution >= 0.6 is 0 Å². The summed E-state index contributed by atoms with van der Waals surface area (Å²) in [5.74, 6) is 1.08. The Bertz CT molecular complexity index is 624. The van der Waals surface area contributed by atoms with E-state index in [-0.39, 0.29) is 12.1 Å². The van der Waals surface area contributed by atoms with Gasteiger partial charge in [0, 0.05) is 12.1 Å². The van der Waals surface area contributed by atoms with E-state index in [2.05, 4.69) is 13.8 Å². The maximum Gasteiger partial charge on any atom is 0.243 e. The van der Waals surface area contributed by atoms with Crippen LogP contribution in [0.2, 0.25) is 0 Å². The van der Waals surface area contributed by atoms with E-state index in [0.29, 0.717) is 10.8 Å². The van der Waals surface area contributed by atoms with Gasteiger partial charge in [0.25, 0.3) is 0 Å². The highest BCUT2D eigenvalue weighted by atomic mass is 32.2. The fourth-order valence-corrected chi connectivity index (χ4v) is 5.76. The molecule has 4 nitrogen and oxygen atoms in total. The summed E-state index contributed by atoms with van der Waals surface area (Å²) in [6, 6.07) is 5.55. The molecule has 0 saturated carbocycles. The number of methoxy groups -OCH3 is 1. The van der Waals surface area contributed by atoms with Gasteiger partial charge < -0.3 is 4.74 Å². The minimum absolute atomic E-state index is 0.118. The van der Waals surface area contributed by atoms with E-state index in [9.17, 15) is 8.42 Å². The molecule has 1 aromatic carbocycles. The van der Waals surface area contributed by atoms with Crippen LogP contribution in [0.3, 0.4) is 0 Å². The van der Waals surface area contributed by atoms with Crippen molar-refractivity contribution in [3.63, 3.8) is 0 Å². The minimum Gasteiger partial charge on any atom is -0.497 e. The lowest BCUT2D eigenvalue weighted by Crippen LogP contribution is -2.47. The molecule has 3 rings (SSSR count). The second kappa shape index (κ2) is 4.74. The Morgan fingerprint density at radius 3 is 2.70 bits per heavy atom. The van der Waals surface area contributed by atoms with E-state index in [1.165, 1.54) is 0 Å². The standard InChI is InChI=1S/C15H21NO3S/c1-10(2)14-6-4-12-8-11-9-13(19-3)5-7-15(11)20(17,18)16(12)14/h5,7,9-10,12,14H,4,6,8H2,1-3H3/t12-,14+/m0/s1. The molecule has 0 spiro atoms. The molecule has 0 amide bonds. The Balaban J connectivity index is 2.09. The van der Waals surface area contributed by atoms with Crippen molar-refractivity contribution in [3.8, 4) is 5.75 Å². The van der Waals surface area contributed by atoms with Gasteiger partial charge in [-0.3, -0.25) is 0 Å². The normalized spacial score (nSPS) is 28.2. The summed E-state index contributed by atoms with van der Waals surface area (Å²) < 4.78 is 32.8. The largest absolute Gasteiger partial charge is 0.497 e. The van der Waals surface area contributed by atoms with E-state index < -0.39 is 10.0 Å². The van der Waals surface area contributed by atoms with Crippen LogP contribution < -0.4 is 4.74 Å². The summed E-state index contributed by atoms with van der Waals surface area (Å²) in [6.45, 7) is 4.21. The Kier molecular flexibility index (Phi) is 3.29. The third kappa shape index (κ3) is 1.95. The highest BCUT2D eigenvalue weighted by Gasteiger charge is 2.47. The lowest BCUT2D eigenvalue weighted by Gasteiger charge is -2.36. The van der Waals surface area contributed by atoms with E-state index in [1.807, 2.05) is 6.07 Å². The first-order valence-corrected chi connectivity index (χ1v) is 8.59. The monoisotopic (exact) mass is 295 g/mol. The Morgan fingerprint density at radius 2 is 2.05 bits per heavy atom. The highest BCUT2D eigenvalue weighted by molar-refractivity contribution is 7.89. The fourth-order valence-electron chi connectivity index (χ4n) is 3.54. The number of nitrogens with zero attached hydrogens (tertiary/aromatic N) is 1. The van der Waals surface area contributed by atoms with Gasteiger partial charge in [-0.15, -0.1) is 0 Å². The van der Waals surface area contributed by atoms with Crippen LogP contribution in [-0.4, -0.2) is 31.9 Å². The maximum atomic E-state index is 12.9. The van der Waals surface area contributed by atoms with Gasteiger partial charge in [0.15, 0.2) is 0 Å². The summed E-state index contributed by atoms with van der Waals surface area (Å²) in [6.07, 6.45) is 2.72. The fraction of sp³-hybridized carbons (Fsp3) is 0.600. The van der Waals surface area contributed by atoms with Gasteiger partial charge in [0.2, 0.25) is 10.0 Å². The molecular weight excluding hydrogens is 274 g/mol. The van der Waals surface area contributed by atoms with Crippen molar-refractivity contribution in [2.24, 2.45) is 5.92 Å². The first-order valence-electron chi connectivity index (χ1n) is 7.15. The van der Waals surface area contributed by atoms with Crippen molar-refractivity contribution < 1.29 is 13.2 Å². The van der Waals surface area contributed by atoms with E-state index in [4.69, 9.17) is 4.74 Å². The molecular formula is C15H21NO3S. The number of rotatable bonds is 2. The number of benzene rings is 1. The first-order chi connectivity index (χ1) is 9.45. The third-order valence-corrected chi connectivity index (χ3v) is 6.61. The molecule has 20 heavy (non-hydrogen) atoms. The topological polar surface area (TPSA) is 46.6 Å². The van der Waals surface area contributed by atoms with Gasteiger partial charge >= 0.3 is 0 Å². The molecule has 1 aromatic rings. The Labute approximate surface area is 120 Å². The molecule has 0 aliphatic carbocycles. The minimum atomic E-state index is -3.36. The zero-order valence-corrected chi connectivity index (χ0v) is 13.0. The summed E-state index contributed by atoms with van der Waals surface area (Å²) in [7, 11) is -1.75. The molecule has 0 bridgehead atoms. The summed E-state index contributed by atoms with van der Waals surface area (Å²) in [5, 5.41) is 0. The van der Waals surface area contributed by atoms with Crippen LogP contribution in [0, 0.1) is 5.92 Å². The number of sulfonamides is 1. The van der Waals surface area contributed by atoms with Gasteiger partial charge in [-0.05, 0) is 48.9 Å². The van der Waals surface area contributed by atoms with Gasteiger partial charge in [0.05, 0.1) is 12.0 Å². The maximum absolute atomic E-state index is 12.9. The van der Waals surface area contributed by atoms with Crippen LogP contribution in [-0.2, 0) is 16.4 Å². The summed E-state index contributed by atoms with van der Waals surface area (Å²) in [5.41, 5.74) is 0.898. The van der Waals surface area contributed by atoms with Crippen molar-refractivity contribution in [3.05, 3.63) is 23.8 Å². The Hall–Kier alpha value is -1.07. The molecule has 2 heterocycles. The molecule has 0 unspecified atom stereocenters. The predicted octanol–water partition coefficient (Wildman–Crippen LogP) is 2.43. The molecule has 2 atom stereocenters. The zero-order chi connectivity index (χ0) is 14.5. The van der Waals surface area contributed by atoms with Gasteiger partial charge in [-0.25, -0.2) is 8.42 Å². The second-order valence-electron chi connectivity index (χ2n) is 6.06. The SMILES string of the molecule is COc1ccc2c(c1)C[C@@H]1CC[C@H](C(C)C)N1S2(=O)=O. The lowest BCUT2D eigenvalue weighted by molar-refractivity contribution is 0.261. The second-order valence-corrected chi connectivity index (χ2v) is 7.87. The number of ether oxygens (including phenoxy) is 1. The quantitative estimate of drug-likeness (QED) is 0.842. The van der Waals surface area contributed by atoms with E-state index in [1.54, 1.807) is 23.5 Å². The Morgan fingerprint density at radius 1 is 1.30 bits per heavy atom. The van der Waals surface area contributed by atoms with Crippen LogP contribution in [0.15, 0.2) is 23.1 Å². The average molecular weight is 295 g/mol. The molecule has 110 valence electrons. The molecule has 0 aromatic heterocycles. The highest BCUT2D eigenvalue weighted by Crippen LogP contribution is 2.41. The lowest BCUT2D eigenvalue weighted by atomic mass is 10.0. The van der Waals surface area contributed by atoms with Gasteiger partial charge in [0.1, 0.15) is 5.75 Å². The van der Waals surface area contributed by atoms with Crippen molar-refractivity contribution in [2.45, 2.75) is 50.1 Å². The summed E-state index contributed by atoms with van der Waals surface area (Å²) in [4.78, 5) is 0.460. The smallest absolute Gasteiger partial charge is 0.243 e. The molecule has 1 fully saturated rings. The summed E-state index contributed by atoms with van der Waals surface area (Å²) >= 11 is 0. The van der Waals surface area contributed by atoms with Crippen LogP contribution in [0.1, 0.15) is 32.3 Å². The molecule has 2 aliphatic rings.